The Morgan fingerprint density at radius 3 is 3.12 bits per heavy atom. The van der Waals surface area contributed by atoms with E-state index in [1.807, 2.05) is 0 Å². The van der Waals surface area contributed by atoms with E-state index in [0.29, 0.717) is 6.04 Å². The van der Waals surface area contributed by atoms with Gasteiger partial charge in [-0.2, -0.15) is 0 Å². The van der Waals surface area contributed by atoms with Crippen LogP contribution in [0.2, 0.25) is 0 Å². The minimum absolute atomic E-state index is 0.716. The molecule has 16 heavy (non-hydrogen) atoms. The van der Waals surface area contributed by atoms with Crippen molar-refractivity contribution < 1.29 is 0 Å². The van der Waals surface area contributed by atoms with Gasteiger partial charge in [-0.1, -0.05) is 25.5 Å². The summed E-state index contributed by atoms with van der Waals surface area (Å²) in [6.45, 7) is 4.68. The van der Waals surface area contributed by atoms with Gasteiger partial charge in [0.15, 0.2) is 0 Å². The monoisotopic (exact) mass is 216 g/mol. The van der Waals surface area contributed by atoms with Crippen molar-refractivity contribution in [2.24, 2.45) is 5.92 Å². The largest absolute Gasteiger partial charge is 0.381 e. The van der Waals surface area contributed by atoms with Crippen molar-refractivity contribution in [2.45, 2.75) is 32.2 Å². The lowest BCUT2D eigenvalue weighted by molar-refractivity contribution is 0.336. The second kappa shape index (κ2) is 4.00. The Morgan fingerprint density at radius 1 is 1.38 bits per heavy atom. The second-order valence-corrected chi connectivity index (χ2v) is 5.04. The summed E-state index contributed by atoms with van der Waals surface area (Å²) in [5.74, 6) is 0.938. The molecule has 0 aromatic heterocycles. The number of para-hydroxylation sites is 2. The predicted molar refractivity (Wildman–Crippen MR) is 69.1 cm³/mol. The first-order valence-electron chi connectivity index (χ1n) is 6.48. The maximum Gasteiger partial charge on any atom is 0.0605 e. The average molecular weight is 216 g/mol. The van der Waals surface area contributed by atoms with Crippen LogP contribution in [0.3, 0.4) is 0 Å². The first-order chi connectivity index (χ1) is 7.88. The number of rotatable bonds is 1. The van der Waals surface area contributed by atoms with Gasteiger partial charge in [0.05, 0.1) is 11.4 Å². The van der Waals surface area contributed by atoms with E-state index in [-0.39, 0.29) is 0 Å². The van der Waals surface area contributed by atoms with Crippen LogP contribution in [-0.2, 0) is 0 Å². The standard InChI is InChI=1S/C14H20N2/c1-2-11-7-8-16-12(9-11)10-15-13-5-3-4-6-14(13)16/h3-6,11-12,15H,2,7-10H2,1H3. The summed E-state index contributed by atoms with van der Waals surface area (Å²) in [5.41, 5.74) is 2.72. The molecule has 2 heterocycles. The summed E-state index contributed by atoms with van der Waals surface area (Å²) in [6.07, 6.45) is 4.06. The molecule has 2 aliphatic rings. The Balaban J connectivity index is 1.86. The van der Waals surface area contributed by atoms with Gasteiger partial charge in [-0.3, -0.25) is 0 Å². The number of nitrogens with one attached hydrogen (secondary N) is 1. The van der Waals surface area contributed by atoms with Crippen LogP contribution in [0.25, 0.3) is 0 Å². The molecule has 2 aliphatic heterocycles. The summed E-state index contributed by atoms with van der Waals surface area (Å²) in [6, 6.07) is 9.42. The van der Waals surface area contributed by atoms with Gasteiger partial charge in [0.2, 0.25) is 0 Å². The van der Waals surface area contributed by atoms with E-state index in [1.165, 1.54) is 37.2 Å². The SMILES string of the molecule is CCC1CCN2c3ccccc3NCC2C1. The molecule has 2 unspecified atom stereocenters. The van der Waals surface area contributed by atoms with E-state index in [2.05, 4.69) is 41.4 Å². The Morgan fingerprint density at radius 2 is 2.25 bits per heavy atom. The highest BCUT2D eigenvalue weighted by Gasteiger charge is 2.31. The highest BCUT2D eigenvalue weighted by molar-refractivity contribution is 5.72. The summed E-state index contributed by atoms with van der Waals surface area (Å²) in [4.78, 5) is 2.61. The van der Waals surface area contributed by atoms with E-state index in [4.69, 9.17) is 0 Å². The lowest BCUT2D eigenvalue weighted by Crippen LogP contribution is -2.49. The molecule has 2 atom stereocenters. The maximum absolute atomic E-state index is 3.56. The van der Waals surface area contributed by atoms with Crippen molar-refractivity contribution in [1.29, 1.82) is 0 Å². The molecule has 0 bridgehead atoms. The van der Waals surface area contributed by atoms with Gasteiger partial charge < -0.3 is 10.2 Å². The second-order valence-electron chi connectivity index (χ2n) is 5.04. The fourth-order valence-electron chi connectivity index (χ4n) is 3.12. The Hall–Kier alpha value is -1.18. The molecule has 1 aromatic rings. The maximum atomic E-state index is 3.56. The summed E-state index contributed by atoms with van der Waals surface area (Å²) >= 11 is 0. The lowest BCUT2D eigenvalue weighted by Gasteiger charge is -2.45. The smallest absolute Gasteiger partial charge is 0.0605 e. The van der Waals surface area contributed by atoms with E-state index in [9.17, 15) is 0 Å². The minimum atomic E-state index is 0.716. The van der Waals surface area contributed by atoms with Crippen LogP contribution in [0.4, 0.5) is 11.4 Å². The number of hydrogen-bond donors (Lipinski definition) is 1. The van der Waals surface area contributed by atoms with Gasteiger partial charge >= 0.3 is 0 Å². The molecular formula is C14H20N2. The predicted octanol–water partition coefficient (Wildman–Crippen LogP) is 3.11. The van der Waals surface area contributed by atoms with Gasteiger partial charge in [-0.05, 0) is 30.9 Å². The Kier molecular flexibility index (Phi) is 2.50. The molecule has 0 saturated carbocycles. The van der Waals surface area contributed by atoms with Crippen LogP contribution in [0.5, 0.6) is 0 Å². The van der Waals surface area contributed by atoms with Gasteiger partial charge in [0.1, 0.15) is 0 Å². The first-order valence-corrected chi connectivity index (χ1v) is 6.48. The molecular weight excluding hydrogens is 196 g/mol. The van der Waals surface area contributed by atoms with E-state index >= 15 is 0 Å². The number of nitrogens with zero attached hydrogens (tertiary/aromatic N) is 1. The van der Waals surface area contributed by atoms with Crippen molar-refractivity contribution in [3.05, 3.63) is 24.3 Å². The molecule has 0 aliphatic carbocycles. The average Bonchev–Trinajstić information content (AvgIpc) is 2.38. The van der Waals surface area contributed by atoms with Crippen LogP contribution >= 0.6 is 0 Å². The molecule has 1 saturated heterocycles. The minimum Gasteiger partial charge on any atom is -0.381 e. The molecule has 0 amide bonds. The highest BCUT2D eigenvalue weighted by Crippen LogP contribution is 2.37. The van der Waals surface area contributed by atoms with Gasteiger partial charge in [-0.25, -0.2) is 0 Å². The number of hydrogen-bond acceptors (Lipinski definition) is 2. The zero-order valence-electron chi connectivity index (χ0n) is 9.95. The normalized spacial score (nSPS) is 27.9. The van der Waals surface area contributed by atoms with Crippen molar-refractivity contribution in [1.82, 2.24) is 0 Å². The van der Waals surface area contributed by atoms with Crippen LogP contribution in [0.1, 0.15) is 26.2 Å². The molecule has 86 valence electrons. The summed E-state index contributed by atoms with van der Waals surface area (Å²) in [5, 5.41) is 3.56. The van der Waals surface area contributed by atoms with Crippen molar-refractivity contribution >= 4 is 11.4 Å². The fraction of sp³-hybridized carbons (Fsp3) is 0.571. The molecule has 1 aromatic carbocycles. The van der Waals surface area contributed by atoms with Gasteiger partial charge in [0, 0.05) is 19.1 Å². The molecule has 0 spiro atoms. The molecule has 2 heteroatoms. The third-order valence-corrected chi connectivity index (χ3v) is 4.14. The molecule has 3 rings (SSSR count). The third kappa shape index (κ3) is 1.57. The Bertz CT molecular complexity index is 375. The van der Waals surface area contributed by atoms with Crippen molar-refractivity contribution in [3.8, 4) is 0 Å². The first kappa shape index (κ1) is 10.0. The quantitative estimate of drug-likeness (QED) is 0.776. The fourth-order valence-corrected chi connectivity index (χ4v) is 3.12. The van der Waals surface area contributed by atoms with E-state index < -0.39 is 0 Å². The zero-order chi connectivity index (χ0) is 11.0. The number of benzene rings is 1. The molecule has 1 fully saturated rings. The molecule has 2 nitrogen and oxygen atoms in total. The number of fused-ring (bicyclic) bond motifs is 3. The van der Waals surface area contributed by atoms with Gasteiger partial charge in [0.25, 0.3) is 0 Å². The topological polar surface area (TPSA) is 15.3 Å². The highest BCUT2D eigenvalue weighted by atomic mass is 15.2. The number of piperidine rings is 1. The summed E-state index contributed by atoms with van der Waals surface area (Å²) < 4.78 is 0. The van der Waals surface area contributed by atoms with Crippen LogP contribution < -0.4 is 10.2 Å². The van der Waals surface area contributed by atoms with E-state index in [0.717, 1.165) is 12.5 Å². The Labute approximate surface area is 97.6 Å². The number of anilines is 2. The van der Waals surface area contributed by atoms with Crippen LogP contribution in [0, 0.1) is 5.92 Å². The van der Waals surface area contributed by atoms with Crippen molar-refractivity contribution in [3.63, 3.8) is 0 Å². The van der Waals surface area contributed by atoms with Crippen molar-refractivity contribution in [2.75, 3.05) is 23.3 Å². The summed E-state index contributed by atoms with van der Waals surface area (Å²) in [7, 11) is 0. The molecule has 0 radical (unpaired) electrons. The van der Waals surface area contributed by atoms with E-state index in [1.54, 1.807) is 0 Å². The third-order valence-electron chi connectivity index (χ3n) is 4.14. The lowest BCUT2D eigenvalue weighted by atomic mass is 9.87. The zero-order valence-corrected chi connectivity index (χ0v) is 9.95. The molecule has 1 N–H and O–H groups in total. The van der Waals surface area contributed by atoms with Crippen LogP contribution in [0.15, 0.2) is 24.3 Å². The van der Waals surface area contributed by atoms with Crippen LogP contribution in [-0.4, -0.2) is 19.1 Å². The van der Waals surface area contributed by atoms with Gasteiger partial charge in [-0.15, -0.1) is 0 Å².